The Kier molecular flexibility index (Phi) is 4.96. The Labute approximate surface area is 118 Å². The molecular formula is C14H20N2O4. The third kappa shape index (κ3) is 4.79. The lowest BCUT2D eigenvalue weighted by Gasteiger charge is -2.19. The van der Waals surface area contributed by atoms with Crippen molar-refractivity contribution in [2.45, 2.75) is 20.8 Å². The van der Waals surface area contributed by atoms with Gasteiger partial charge < -0.3 is 20.5 Å². The highest BCUT2D eigenvalue weighted by atomic mass is 16.5. The van der Waals surface area contributed by atoms with Crippen molar-refractivity contribution in [3.63, 3.8) is 0 Å². The Hall–Kier alpha value is -2.24. The van der Waals surface area contributed by atoms with E-state index in [1.165, 1.54) is 25.3 Å². The molecule has 0 saturated carbocycles. The molecule has 1 aromatic carbocycles. The smallest absolute Gasteiger partial charge is 0.335 e. The molecular weight excluding hydrogens is 260 g/mol. The Bertz CT molecular complexity index is 506. The average Bonchev–Trinajstić information content (AvgIpc) is 2.35. The van der Waals surface area contributed by atoms with Gasteiger partial charge in [0.1, 0.15) is 5.75 Å². The summed E-state index contributed by atoms with van der Waals surface area (Å²) in [6.45, 7) is 6.50. The molecule has 0 spiro atoms. The van der Waals surface area contributed by atoms with Crippen LogP contribution >= 0.6 is 0 Å². The van der Waals surface area contributed by atoms with Crippen molar-refractivity contribution < 1.29 is 19.4 Å². The van der Waals surface area contributed by atoms with Crippen LogP contribution < -0.4 is 15.4 Å². The number of rotatable bonds is 4. The van der Waals surface area contributed by atoms with Crippen LogP contribution in [-0.2, 0) is 0 Å². The summed E-state index contributed by atoms with van der Waals surface area (Å²) >= 11 is 0. The molecule has 1 aromatic rings. The molecule has 0 aliphatic heterocycles. The van der Waals surface area contributed by atoms with Crippen LogP contribution in [0.25, 0.3) is 0 Å². The molecule has 2 amide bonds. The fraction of sp³-hybridized carbons (Fsp3) is 0.429. The van der Waals surface area contributed by atoms with Gasteiger partial charge in [0, 0.05) is 6.54 Å². The summed E-state index contributed by atoms with van der Waals surface area (Å²) in [6.07, 6.45) is 0. The molecule has 3 N–H and O–H groups in total. The molecule has 0 atom stereocenters. The van der Waals surface area contributed by atoms with Crippen molar-refractivity contribution in [3.8, 4) is 5.75 Å². The van der Waals surface area contributed by atoms with Crippen LogP contribution in [0.2, 0.25) is 0 Å². The highest BCUT2D eigenvalue weighted by Gasteiger charge is 2.14. The summed E-state index contributed by atoms with van der Waals surface area (Å²) in [6, 6.07) is 3.88. The minimum absolute atomic E-state index is 0.0374. The van der Waals surface area contributed by atoms with Gasteiger partial charge in [-0.05, 0) is 23.6 Å². The van der Waals surface area contributed by atoms with E-state index >= 15 is 0 Å². The quantitative estimate of drug-likeness (QED) is 0.791. The summed E-state index contributed by atoms with van der Waals surface area (Å²) < 4.78 is 5.09. The monoisotopic (exact) mass is 280 g/mol. The first-order valence-electron chi connectivity index (χ1n) is 6.19. The number of aromatic carboxylic acids is 1. The number of ether oxygens (including phenoxy) is 1. The second-order valence-corrected chi connectivity index (χ2v) is 5.59. The van der Waals surface area contributed by atoms with Gasteiger partial charge in [-0.1, -0.05) is 20.8 Å². The molecule has 0 aliphatic carbocycles. The molecule has 1 rings (SSSR count). The fourth-order valence-electron chi connectivity index (χ4n) is 1.45. The molecule has 0 radical (unpaired) electrons. The first-order valence-corrected chi connectivity index (χ1v) is 6.19. The maximum atomic E-state index is 11.8. The zero-order chi connectivity index (χ0) is 15.3. The van der Waals surface area contributed by atoms with Gasteiger partial charge in [0.2, 0.25) is 0 Å². The van der Waals surface area contributed by atoms with Gasteiger partial charge in [-0.2, -0.15) is 0 Å². The largest absolute Gasteiger partial charge is 0.495 e. The van der Waals surface area contributed by atoms with Crippen molar-refractivity contribution in [2.75, 3.05) is 19.0 Å². The maximum Gasteiger partial charge on any atom is 0.335 e. The highest BCUT2D eigenvalue weighted by molar-refractivity contribution is 5.94. The van der Waals surface area contributed by atoms with Crippen LogP contribution in [0.1, 0.15) is 31.1 Å². The van der Waals surface area contributed by atoms with Gasteiger partial charge in [-0.25, -0.2) is 9.59 Å². The molecule has 0 fully saturated rings. The topological polar surface area (TPSA) is 87.7 Å². The van der Waals surface area contributed by atoms with Crippen molar-refractivity contribution in [3.05, 3.63) is 23.8 Å². The molecule has 20 heavy (non-hydrogen) atoms. The predicted molar refractivity (Wildman–Crippen MR) is 76.4 cm³/mol. The predicted octanol–water partition coefficient (Wildman–Crippen LogP) is 2.56. The SMILES string of the molecule is COc1ccc(C(=O)O)cc1NC(=O)NCC(C)(C)C. The molecule has 6 nitrogen and oxygen atoms in total. The molecule has 0 saturated heterocycles. The van der Waals surface area contributed by atoms with Crippen molar-refractivity contribution >= 4 is 17.7 Å². The van der Waals surface area contributed by atoms with E-state index in [1.807, 2.05) is 20.8 Å². The molecule has 0 aromatic heterocycles. The summed E-state index contributed by atoms with van der Waals surface area (Å²) in [5.74, 6) is -0.660. The van der Waals surface area contributed by atoms with Crippen LogP contribution in [0, 0.1) is 5.41 Å². The lowest BCUT2D eigenvalue weighted by atomic mass is 9.97. The third-order valence-electron chi connectivity index (χ3n) is 2.47. The Morgan fingerprint density at radius 2 is 1.95 bits per heavy atom. The molecule has 6 heteroatoms. The number of carboxylic acids is 1. The van der Waals surface area contributed by atoms with Crippen LogP contribution in [-0.4, -0.2) is 30.8 Å². The zero-order valence-corrected chi connectivity index (χ0v) is 12.1. The number of nitrogens with one attached hydrogen (secondary N) is 2. The van der Waals surface area contributed by atoms with Gasteiger partial charge in [-0.3, -0.25) is 0 Å². The van der Waals surface area contributed by atoms with E-state index in [2.05, 4.69) is 10.6 Å². The van der Waals surface area contributed by atoms with Gasteiger partial charge in [0.15, 0.2) is 0 Å². The minimum atomic E-state index is -1.06. The normalized spacial score (nSPS) is 10.8. The summed E-state index contributed by atoms with van der Waals surface area (Å²) in [7, 11) is 1.45. The molecule has 0 unspecified atom stereocenters. The number of carboxylic acid groups (broad SMARTS) is 1. The summed E-state index contributed by atoms with van der Waals surface area (Å²) in [5.41, 5.74) is 0.361. The van der Waals surface area contributed by atoms with E-state index in [4.69, 9.17) is 9.84 Å². The maximum absolute atomic E-state index is 11.8. The highest BCUT2D eigenvalue weighted by Crippen LogP contribution is 2.25. The van der Waals surface area contributed by atoms with Gasteiger partial charge in [0.05, 0.1) is 18.4 Å². The number of benzene rings is 1. The second-order valence-electron chi connectivity index (χ2n) is 5.59. The molecule has 110 valence electrons. The number of hydrogen-bond donors (Lipinski definition) is 3. The van der Waals surface area contributed by atoms with E-state index in [0.29, 0.717) is 18.0 Å². The summed E-state index contributed by atoms with van der Waals surface area (Å²) in [5, 5.41) is 14.3. The fourth-order valence-corrected chi connectivity index (χ4v) is 1.45. The first-order chi connectivity index (χ1) is 9.23. The third-order valence-corrected chi connectivity index (χ3v) is 2.47. The second kappa shape index (κ2) is 6.27. The Morgan fingerprint density at radius 1 is 1.30 bits per heavy atom. The summed E-state index contributed by atoms with van der Waals surface area (Å²) in [4.78, 5) is 22.7. The molecule has 0 bridgehead atoms. The molecule has 0 heterocycles. The van der Waals surface area contributed by atoms with E-state index < -0.39 is 12.0 Å². The lowest BCUT2D eigenvalue weighted by Crippen LogP contribution is -2.35. The number of carbonyl (C=O) groups is 2. The number of anilines is 1. The number of urea groups is 1. The van der Waals surface area contributed by atoms with Gasteiger partial charge >= 0.3 is 12.0 Å². The van der Waals surface area contributed by atoms with E-state index in [1.54, 1.807) is 0 Å². The van der Waals surface area contributed by atoms with Crippen LogP contribution in [0.15, 0.2) is 18.2 Å². The minimum Gasteiger partial charge on any atom is -0.495 e. The zero-order valence-electron chi connectivity index (χ0n) is 12.1. The van der Waals surface area contributed by atoms with Crippen molar-refractivity contribution in [1.29, 1.82) is 0 Å². The lowest BCUT2D eigenvalue weighted by molar-refractivity contribution is 0.0697. The number of amides is 2. The van der Waals surface area contributed by atoms with E-state index in [-0.39, 0.29) is 11.0 Å². The van der Waals surface area contributed by atoms with E-state index in [0.717, 1.165) is 0 Å². The van der Waals surface area contributed by atoms with Crippen molar-refractivity contribution in [1.82, 2.24) is 5.32 Å². The van der Waals surface area contributed by atoms with E-state index in [9.17, 15) is 9.59 Å². The number of carbonyl (C=O) groups excluding carboxylic acids is 1. The van der Waals surface area contributed by atoms with Gasteiger partial charge in [0.25, 0.3) is 0 Å². The van der Waals surface area contributed by atoms with Crippen LogP contribution in [0.5, 0.6) is 5.75 Å². The number of methoxy groups -OCH3 is 1. The van der Waals surface area contributed by atoms with Crippen LogP contribution in [0.3, 0.4) is 0 Å². The Balaban J connectivity index is 2.82. The average molecular weight is 280 g/mol. The van der Waals surface area contributed by atoms with Crippen LogP contribution in [0.4, 0.5) is 10.5 Å². The molecule has 0 aliphatic rings. The Morgan fingerprint density at radius 3 is 2.45 bits per heavy atom. The number of hydrogen-bond acceptors (Lipinski definition) is 3. The first kappa shape index (κ1) is 15.8. The standard InChI is InChI=1S/C14H20N2O4/c1-14(2,3)8-15-13(19)16-10-7-9(12(17)18)5-6-11(10)20-4/h5-7H,8H2,1-4H3,(H,17,18)(H2,15,16,19). The van der Waals surface area contributed by atoms with Gasteiger partial charge in [-0.15, -0.1) is 0 Å². The van der Waals surface area contributed by atoms with Crippen molar-refractivity contribution in [2.24, 2.45) is 5.41 Å².